The maximum atomic E-state index is 13.5. The molecule has 0 spiro atoms. The van der Waals surface area contributed by atoms with Crippen molar-refractivity contribution >= 4 is 50.7 Å². The van der Waals surface area contributed by atoms with E-state index in [2.05, 4.69) is 10.0 Å². The highest BCUT2D eigenvalue weighted by atomic mass is 35.5. The Hall–Kier alpha value is -4.20. The number of rotatable bonds is 7. The van der Waals surface area contributed by atoms with Crippen LogP contribution in [0.4, 0.5) is 17.1 Å². The molecule has 0 saturated carbocycles. The number of hydrogen-bond acceptors (Lipinski definition) is 7. The van der Waals surface area contributed by atoms with Crippen molar-refractivity contribution in [2.45, 2.75) is 24.2 Å². The van der Waals surface area contributed by atoms with Crippen molar-refractivity contribution in [3.8, 4) is 17.6 Å². The molecule has 0 bridgehead atoms. The quantitative estimate of drug-likeness (QED) is 0.291. The van der Waals surface area contributed by atoms with Crippen LogP contribution in [0.3, 0.4) is 0 Å². The summed E-state index contributed by atoms with van der Waals surface area (Å²) in [6.45, 7) is 1.57. The van der Waals surface area contributed by atoms with E-state index in [0.717, 1.165) is 32.4 Å². The number of sulfonamides is 1. The van der Waals surface area contributed by atoms with Gasteiger partial charge in [0.05, 0.1) is 5.69 Å². The van der Waals surface area contributed by atoms with Crippen LogP contribution in [-0.4, -0.2) is 34.2 Å². The maximum Gasteiger partial charge on any atom is 0.266 e. The third-order valence-electron chi connectivity index (χ3n) is 6.37. The summed E-state index contributed by atoms with van der Waals surface area (Å²) in [5, 5.41) is 12.8. The molecule has 3 aromatic rings. The number of halogens is 1. The normalized spacial score (nSPS) is 15.0. The van der Waals surface area contributed by atoms with E-state index in [1.165, 1.54) is 12.1 Å². The lowest BCUT2D eigenvalue weighted by Gasteiger charge is -2.30. The Morgan fingerprint density at radius 2 is 1.67 bits per heavy atom. The topological polar surface area (TPSA) is 121 Å². The summed E-state index contributed by atoms with van der Waals surface area (Å²) in [7, 11) is -4.04. The number of hydrogen-bond donors (Lipinski definition) is 2. The zero-order chi connectivity index (χ0) is 27.4. The van der Waals surface area contributed by atoms with E-state index in [0.29, 0.717) is 33.5 Å². The summed E-state index contributed by atoms with van der Waals surface area (Å²) < 4.78 is 40.3. The highest BCUT2D eigenvalue weighted by molar-refractivity contribution is 7.92. The van der Waals surface area contributed by atoms with Gasteiger partial charge in [0.25, 0.3) is 15.9 Å². The Kier molecular flexibility index (Phi) is 7.63. The van der Waals surface area contributed by atoms with Crippen LogP contribution in [0.25, 0.3) is 6.08 Å². The molecule has 0 aliphatic carbocycles. The third kappa shape index (κ3) is 6.11. The van der Waals surface area contributed by atoms with E-state index in [1.807, 2.05) is 11.0 Å². The van der Waals surface area contributed by atoms with Gasteiger partial charge in [-0.25, -0.2) is 8.42 Å². The Morgan fingerprint density at radius 1 is 0.949 bits per heavy atom. The molecule has 1 saturated heterocycles. The summed E-state index contributed by atoms with van der Waals surface area (Å²) >= 11 is 5.95. The van der Waals surface area contributed by atoms with Crippen molar-refractivity contribution in [3.63, 3.8) is 0 Å². The zero-order valence-corrected chi connectivity index (χ0v) is 22.4. The first-order chi connectivity index (χ1) is 18.8. The lowest BCUT2D eigenvalue weighted by molar-refractivity contribution is -0.112. The minimum absolute atomic E-state index is 0.0235. The molecule has 2 aliphatic rings. The van der Waals surface area contributed by atoms with Gasteiger partial charge < -0.3 is 19.7 Å². The monoisotopic (exact) mass is 564 g/mol. The van der Waals surface area contributed by atoms with E-state index < -0.39 is 15.9 Å². The summed E-state index contributed by atoms with van der Waals surface area (Å²) in [6.07, 6.45) is 4.43. The average Bonchev–Trinajstić information content (AvgIpc) is 3.41. The van der Waals surface area contributed by atoms with Gasteiger partial charge in [-0.2, -0.15) is 5.26 Å². The molecule has 2 aliphatic heterocycles. The Morgan fingerprint density at radius 3 is 2.41 bits per heavy atom. The molecular formula is C28H25ClN4O5S. The number of piperidine rings is 1. The molecular weight excluding hydrogens is 540 g/mol. The molecule has 39 heavy (non-hydrogen) atoms. The number of amides is 1. The summed E-state index contributed by atoms with van der Waals surface area (Å²) in [4.78, 5) is 15.1. The molecule has 0 unspecified atom stereocenters. The molecule has 2 heterocycles. The standard InChI is InChI=1S/C28H25ClN4O5S/c29-21-5-7-22(8-6-21)32-39(35,36)27-16-23(9-10-24(27)33-12-2-1-3-13-33)31-28(34)20(17-30)14-19-4-11-25-26(15-19)38-18-37-25/h4-11,14-16,32H,1-3,12-13,18H2,(H,31,34). The molecule has 5 rings (SSSR count). The fraction of sp³-hybridized carbons (Fsp3) is 0.214. The minimum Gasteiger partial charge on any atom is -0.454 e. The molecule has 1 fully saturated rings. The number of carbonyl (C=O) groups is 1. The van der Waals surface area contributed by atoms with Gasteiger partial charge in [-0.05, 0) is 85.5 Å². The second-order valence-electron chi connectivity index (χ2n) is 9.08. The van der Waals surface area contributed by atoms with E-state index in [9.17, 15) is 18.5 Å². The summed E-state index contributed by atoms with van der Waals surface area (Å²) in [5.74, 6) is 0.442. The van der Waals surface area contributed by atoms with Gasteiger partial charge in [0.1, 0.15) is 16.5 Å². The van der Waals surface area contributed by atoms with E-state index >= 15 is 0 Å². The van der Waals surface area contributed by atoms with Gasteiger partial charge in [0, 0.05) is 29.5 Å². The Balaban J connectivity index is 1.44. The van der Waals surface area contributed by atoms with Crippen LogP contribution in [0, 0.1) is 11.3 Å². The number of fused-ring (bicyclic) bond motifs is 1. The van der Waals surface area contributed by atoms with Crippen LogP contribution in [0.2, 0.25) is 5.02 Å². The first-order valence-corrected chi connectivity index (χ1v) is 14.2. The SMILES string of the molecule is N#CC(=Cc1ccc2c(c1)OCO2)C(=O)Nc1ccc(N2CCCCC2)c(S(=O)(=O)Nc2ccc(Cl)cc2)c1. The Bertz CT molecular complexity index is 1580. The highest BCUT2D eigenvalue weighted by Crippen LogP contribution is 2.34. The van der Waals surface area contributed by atoms with Crippen LogP contribution >= 0.6 is 11.6 Å². The fourth-order valence-corrected chi connectivity index (χ4v) is 5.88. The number of nitrogens with zero attached hydrogens (tertiary/aromatic N) is 2. The van der Waals surface area contributed by atoms with Crippen molar-refractivity contribution in [1.29, 1.82) is 5.26 Å². The zero-order valence-electron chi connectivity index (χ0n) is 20.8. The Labute approximate surface area is 231 Å². The second kappa shape index (κ2) is 11.3. The van der Waals surface area contributed by atoms with E-state index in [4.69, 9.17) is 21.1 Å². The predicted molar refractivity (Wildman–Crippen MR) is 150 cm³/mol. The molecule has 200 valence electrons. The summed E-state index contributed by atoms with van der Waals surface area (Å²) in [5.41, 5.74) is 1.58. The van der Waals surface area contributed by atoms with Gasteiger partial charge >= 0.3 is 0 Å². The van der Waals surface area contributed by atoms with Gasteiger partial charge in [0.15, 0.2) is 11.5 Å². The third-order valence-corrected chi connectivity index (χ3v) is 8.04. The first-order valence-electron chi connectivity index (χ1n) is 12.3. The van der Waals surface area contributed by atoms with Crippen LogP contribution < -0.4 is 24.4 Å². The first kappa shape index (κ1) is 26.4. The van der Waals surface area contributed by atoms with Gasteiger partial charge in [-0.3, -0.25) is 9.52 Å². The molecule has 0 atom stereocenters. The number of nitrogens with one attached hydrogen (secondary N) is 2. The summed E-state index contributed by atoms with van der Waals surface area (Å²) in [6, 6.07) is 18.1. The number of ether oxygens (including phenoxy) is 2. The average molecular weight is 565 g/mol. The van der Waals surface area contributed by atoms with Crippen molar-refractivity contribution < 1.29 is 22.7 Å². The number of anilines is 3. The van der Waals surface area contributed by atoms with Crippen molar-refractivity contribution in [3.05, 3.63) is 76.8 Å². The van der Waals surface area contributed by atoms with E-state index in [1.54, 1.807) is 54.6 Å². The molecule has 0 radical (unpaired) electrons. The van der Waals surface area contributed by atoms with E-state index in [-0.39, 0.29) is 22.9 Å². The molecule has 11 heteroatoms. The van der Waals surface area contributed by atoms with Crippen LogP contribution in [-0.2, 0) is 14.8 Å². The predicted octanol–water partition coefficient (Wildman–Crippen LogP) is 5.41. The highest BCUT2D eigenvalue weighted by Gasteiger charge is 2.25. The van der Waals surface area contributed by atoms with Crippen LogP contribution in [0.1, 0.15) is 24.8 Å². The van der Waals surface area contributed by atoms with Gasteiger partial charge in [-0.15, -0.1) is 0 Å². The molecule has 1 amide bonds. The number of benzene rings is 3. The van der Waals surface area contributed by atoms with Crippen molar-refractivity contribution in [2.24, 2.45) is 0 Å². The number of nitriles is 1. The minimum atomic E-state index is -4.04. The maximum absolute atomic E-state index is 13.5. The lowest BCUT2D eigenvalue weighted by Crippen LogP contribution is -2.31. The van der Waals surface area contributed by atoms with Gasteiger partial charge in [-0.1, -0.05) is 17.7 Å². The van der Waals surface area contributed by atoms with Crippen molar-refractivity contribution in [2.75, 3.05) is 34.8 Å². The molecule has 0 aromatic heterocycles. The van der Waals surface area contributed by atoms with Gasteiger partial charge in [0.2, 0.25) is 6.79 Å². The van der Waals surface area contributed by atoms with Crippen LogP contribution in [0.5, 0.6) is 11.5 Å². The number of carbonyl (C=O) groups excluding carboxylic acids is 1. The molecule has 2 N–H and O–H groups in total. The van der Waals surface area contributed by atoms with Crippen LogP contribution in [0.15, 0.2) is 71.1 Å². The molecule has 3 aromatic carbocycles. The lowest BCUT2D eigenvalue weighted by atomic mass is 10.1. The fourth-order valence-electron chi connectivity index (χ4n) is 4.45. The largest absolute Gasteiger partial charge is 0.454 e. The second-order valence-corrected chi connectivity index (χ2v) is 11.2. The smallest absolute Gasteiger partial charge is 0.266 e. The van der Waals surface area contributed by atoms with Crippen molar-refractivity contribution in [1.82, 2.24) is 0 Å². The molecule has 9 nitrogen and oxygen atoms in total.